The third-order valence-corrected chi connectivity index (χ3v) is 4.19. The van der Waals surface area contributed by atoms with Crippen LogP contribution in [-0.4, -0.2) is 13.6 Å². The molecule has 0 saturated carbocycles. The zero-order valence-electron chi connectivity index (χ0n) is 10.5. The molecule has 0 amide bonds. The van der Waals surface area contributed by atoms with Crippen molar-refractivity contribution in [1.82, 2.24) is 5.32 Å². The topological polar surface area (TPSA) is 21.3 Å². The highest BCUT2D eigenvalue weighted by molar-refractivity contribution is 7.10. The van der Waals surface area contributed by atoms with Crippen LogP contribution in [0.5, 0.6) is 5.75 Å². The average molecular weight is 316 g/mol. The van der Waals surface area contributed by atoms with E-state index in [2.05, 4.69) is 11.4 Å². The molecule has 5 heteroatoms. The van der Waals surface area contributed by atoms with E-state index in [1.54, 1.807) is 29.5 Å². The Labute approximate surface area is 127 Å². The minimum atomic E-state index is -0.0107. The highest BCUT2D eigenvalue weighted by atomic mass is 35.5. The maximum Gasteiger partial charge on any atom is 0.140 e. The third-order valence-electron chi connectivity index (χ3n) is 2.68. The molecule has 1 atom stereocenters. The van der Waals surface area contributed by atoms with Crippen LogP contribution in [0, 0.1) is 0 Å². The van der Waals surface area contributed by atoms with Gasteiger partial charge in [-0.15, -0.1) is 11.3 Å². The predicted octanol–water partition coefficient (Wildman–Crippen LogP) is 4.78. The van der Waals surface area contributed by atoms with Crippen LogP contribution < -0.4 is 10.1 Å². The van der Waals surface area contributed by atoms with Crippen molar-refractivity contribution in [3.05, 3.63) is 50.6 Å². The quantitative estimate of drug-likeness (QED) is 0.828. The first-order valence-electron chi connectivity index (χ1n) is 6.00. The Balaban J connectivity index is 2.17. The molecular formula is C14H15Cl2NOS. The molecule has 19 heavy (non-hydrogen) atoms. The molecule has 1 aromatic carbocycles. The molecule has 0 aliphatic carbocycles. The molecule has 102 valence electrons. The first-order chi connectivity index (χ1) is 9.20. The van der Waals surface area contributed by atoms with Crippen LogP contribution in [0.3, 0.4) is 0 Å². The lowest BCUT2D eigenvalue weighted by Crippen LogP contribution is -2.15. The van der Waals surface area contributed by atoms with Gasteiger partial charge in [0.15, 0.2) is 0 Å². The lowest BCUT2D eigenvalue weighted by molar-refractivity contribution is 0.199. The standard InChI is InChI=1S/C14H15Cl2NOS/c1-17-7-6-12(14-3-2-8-19-14)18-13-9-10(15)4-5-11(13)16/h2-5,8-9,12,17H,6-7H2,1H3. The van der Waals surface area contributed by atoms with Crippen LogP contribution in [0.25, 0.3) is 0 Å². The van der Waals surface area contributed by atoms with Crippen LogP contribution in [0.2, 0.25) is 10.0 Å². The van der Waals surface area contributed by atoms with Crippen molar-refractivity contribution in [2.45, 2.75) is 12.5 Å². The highest BCUT2D eigenvalue weighted by Crippen LogP contribution is 2.34. The molecule has 0 bridgehead atoms. The molecule has 1 heterocycles. The molecule has 0 aliphatic rings. The van der Waals surface area contributed by atoms with E-state index in [4.69, 9.17) is 27.9 Å². The van der Waals surface area contributed by atoms with Gasteiger partial charge in [0.25, 0.3) is 0 Å². The number of rotatable bonds is 6. The summed E-state index contributed by atoms with van der Waals surface area (Å²) in [6, 6.07) is 9.36. The van der Waals surface area contributed by atoms with E-state index in [0.717, 1.165) is 13.0 Å². The fourth-order valence-electron chi connectivity index (χ4n) is 1.73. The second-order valence-corrected chi connectivity index (χ2v) is 5.91. The molecule has 0 saturated heterocycles. The summed E-state index contributed by atoms with van der Waals surface area (Å²) in [6.07, 6.45) is 0.864. The molecule has 0 aliphatic heterocycles. The molecule has 0 fully saturated rings. The summed E-state index contributed by atoms with van der Waals surface area (Å²) in [6.45, 7) is 0.876. The first-order valence-corrected chi connectivity index (χ1v) is 7.64. The van der Waals surface area contributed by atoms with E-state index in [1.807, 2.05) is 18.5 Å². The van der Waals surface area contributed by atoms with Crippen LogP contribution >= 0.6 is 34.5 Å². The largest absolute Gasteiger partial charge is 0.483 e. The number of hydrogen-bond acceptors (Lipinski definition) is 3. The minimum absolute atomic E-state index is 0.0107. The van der Waals surface area contributed by atoms with Crippen LogP contribution in [0.4, 0.5) is 0 Å². The Morgan fingerprint density at radius 3 is 2.84 bits per heavy atom. The number of nitrogens with one attached hydrogen (secondary N) is 1. The summed E-state index contributed by atoms with van der Waals surface area (Å²) in [7, 11) is 1.93. The van der Waals surface area contributed by atoms with Gasteiger partial charge in [0.05, 0.1) is 5.02 Å². The summed E-state index contributed by atoms with van der Waals surface area (Å²) < 4.78 is 6.03. The average Bonchev–Trinajstić information content (AvgIpc) is 2.92. The van der Waals surface area contributed by atoms with E-state index >= 15 is 0 Å². The molecule has 0 spiro atoms. The van der Waals surface area contributed by atoms with Gasteiger partial charge in [-0.2, -0.15) is 0 Å². The zero-order valence-corrected chi connectivity index (χ0v) is 12.9. The molecule has 2 rings (SSSR count). The molecule has 1 aromatic heterocycles. The molecule has 1 unspecified atom stereocenters. The summed E-state index contributed by atoms with van der Waals surface area (Å²) in [5.41, 5.74) is 0. The summed E-state index contributed by atoms with van der Waals surface area (Å²) in [4.78, 5) is 1.19. The monoisotopic (exact) mass is 315 g/mol. The van der Waals surface area contributed by atoms with Gasteiger partial charge in [-0.1, -0.05) is 29.3 Å². The van der Waals surface area contributed by atoms with Gasteiger partial charge in [0.1, 0.15) is 11.9 Å². The number of ether oxygens (including phenoxy) is 1. The highest BCUT2D eigenvalue weighted by Gasteiger charge is 2.16. The van der Waals surface area contributed by atoms with E-state index in [1.165, 1.54) is 4.88 Å². The third kappa shape index (κ3) is 4.11. The van der Waals surface area contributed by atoms with Crippen LogP contribution in [0.1, 0.15) is 17.4 Å². The van der Waals surface area contributed by atoms with Gasteiger partial charge in [-0.05, 0) is 37.2 Å². The molecular weight excluding hydrogens is 301 g/mol. The van der Waals surface area contributed by atoms with E-state index in [9.17, 15) is 0 Å². The maximum absolute atomic E-state index is 6.14. The van der Waals surface area contributed by atoms with Gasteiger partial charge in [0, 0.05) is 22.4 Å². The second kappa shape index (κ2) is 7.15. The molecule has 0 radical (unpaired) electrons. The van der Waals surface area contributed by atoms with Crippen molar-refractivity contribution in [3.8, 4) is 5.75 Å². The molecule has 1 N–H and O–H groups in total. The Morgan fingerprint density at radius 1 is 1.32 bits per heavy atom. The summed E-state index contributed by atoms with van der Waals surface area (Å²) >= 11 is 13.8. The van der Waals surface area contributed by atoms with Crippen molar-refractivity contribution in [3.63, 3.8) is 0 Å². The number of halogens is 2. The van der Waals surface area contributed by atoms with Crippen molar-refractivity contribution in [1.29, 1.82) is 0 Å². The van der Waals surface area contributed by atoms with Gasteiger partial charge >= 0.3 is 0 Å². The van der Waals surface area contributed by atoms with Gasteiger partial charge in [-0.25, -0.2) is 0 Å². The van der Waals surface area contributed by atoms with E-state index in [0.29, 0.717) is 15.8 Å². The Morgan fingerprint density at radius 2 is 2.16 bits per heavy atom. The smallest absolute Gasteiger partial charge is 0.140 e. The maximum atomic E-state index is 6.14. The normalized spacial score (nSPS) is 12.4. The molecule has 2 aromatic rings. The lowest BCUT2D eigenvalue weighted by Gasteiger charge is -2.19. The predicted molar refractivity (Wildman–Crippen MR) is 82.7 cm³/mol. The van der Waals surface area contributed by atoms with Crippen LogP contribution in [0.15, 0.2) is 35.7 Å². The van der Waals surface area contributed by atoms with Gasteiger partial charge in [-0.3, -0.25) is 0 Å². The van der Waals surface area contributed by atoms with Gasteiger partial charge < -0.3 is 10.1 Å². The Hall–Kier alpha value is -0.740. The fraction of sp³-hybridized carbons (Fsp3) is 0.286. The van der Waals surface area contributed by atoms with Gasteiger partial charge in [0.2, 0.25) is 0 Å². The molecule has 2 nitrogen and oxygen atoms in total. The summed E-state index contributed by atoms with van der Waals surface area (Å²) in [5, 5.41) is 6.39. The van der Waals surface area contributed by atoms with Crippen LogP contribution in [-0.2, 0) is 0 Å². The Kier molecular flexibility index (Phi) is 5.52. The second-order valence-electron chi connectivity index (χ2n) is 4.09. The summed E-state index contributed by atoms with van der Waals surface area (Å²) in [5.74, 6) is 0.628. The van der Waals surface area contributed by atoms with Crippen molar-refractivity contribution in [2.24, 2.45) is 0 Å². The lowest BCUT2D eigenvalue weighted by atomic mass is 10.2. The number of hydrogen-bond donors (Lipinski definition) is 1. The fourth-order valence-corrected chi connectivity index (χ4v) is 2.84. The van der Waals surface area contributed by atoms with Crippen molar-refractivity contribution in [2.75, 3.05) is 13.6 Å². The minimum Gasteiger partial charge on any atom is -0.483 e. The Bertz CT molecular complexity index is 516. The first kappa shape index (κ1) is 14.7. The SMILES string of the molecule is CNCCC(Oc1cc(Cl)ccc1Cl)c1cccs1. The zero-order chi connectivity index (χ0) is 13.7. The van der Waals surface area contributed by atoms with Crippen molar-refractivity contribution < 1.29 is 4.74 Å². The van der Waals surface area contributed by atoms with E-state index in [-0.39, 0.29) is 6.10 Å². The number of thiophene rings is 1. The van der Waals surface area contributed by atoms with Crippen molar-refractivity contribution >= 4 is 34.5 Å². The van der Waals surface area contributed by atoms with E-state index < -0.39 is 0 Å². The number of benzene rings is 1.